The van der Waals surface area contributed by atoms with Crippen LogP contribution >= 0.6 is 11.3 Å². The Morgan fingerprint density at radius 2 is 2.32 bits per heavy atom. The predicted molar refractivity (Wildman–Crippen MR) is 75.2 cm³/mol. The van der Waals surface area contributed by atoms with Gasteiger partial charge >= 0.3 is 5.97 Å². The fraction of sp³-hybridized carbons (Fsp3) is 0.286. The lowest BCUT2D eigenvalue weighted by Crippen LogP contribution is -2.13. The predicted octanol–water partition coefficient (Wildman–Crippen LogP) is 3.01. The second-order valence-corrected chi connectivity index (χ2v) is 5.10. The lowest BCUT2D eigenvalue weighted by Gasteiger charge is -2.15. The number of hydrogen-bond donors (Lipinski definition) is 0. The maximum Gasteiger partial charge on any atom is 0.357 e. The molecule has 0 radical (unpaired) electrons. The van der Waals surface area contributed by atoms with E-state index in [1.165, 1.54) is 22.6 Å². The summed E-state index contributed by atoms with van der Waals surface area (Å²) in [6.45, 7) is 3.08. The van der Waals surface area contributed by atoms with E-state index in [9.17, 15) is 4.79 Å². The van der Waals surface area contributed by atoms with Crippen LogP contribution in [0.3, 0.4) is 0 Å². The van der Waals surface area contributed by atoms with Crippen molar-refractivity contribution in [2.45, 2.75) is 13.3 Å². The number of hydrogen-bond acceptors (Lipinski definition) is 5. The van der Waals surface area contributed by atoms with Crippen molar-refractivity contribution in [1.82, 2.24) is 4.98 Å². The van der Waals surface area contributed by atoms with E-state index in [-0.39, 0.29) is 5.97 Å². The van der Waals surface area contributed by atoms with Gasteiger partial charge in [0.05, 0.1) is 6.61 Å². The molecule has 0 saturated heterocycles. The number of thiazole rings is 1. The van der Waals surface area contributed by atoms with Crippen LogP contribution in [0.1, 0.15) is 23.0 Å². The highest BCUT2D eigenvalue weighted by molar-refractivity contribution is 7.14. The van der Waals surface area contributed by atoms with Crippen LogP contribution in [0.5, 0.6) is 0 Å². The van der Waals surface area contributed by atoms with Crippen molar-refractivity contribution in [2.75, 3.05) is 18.1 Å². The molecule has 2 aromatic rings. The zero-order valence-electron chi connectivity index (χ0n) is 10.6. The maximum atomic E-state index is 11.6. The largest absolute Gasteiger partial charge is 0.461 e. The number of rotatable bonds is 3. The van der Waals surface area contributed by atoms with Crippen molar-refractivity contribution in [1.29, 1.82) is 0 Å². The van der Waals surface area contributed by atoms with Gasteiger partial charge in [-0.3, -0.25) is 0 Å². The molecule has 1 aromatic heterocycles. The van der Waals surface area contributed by atoms with E-state index in [0.717, 1.165) is 18.1 Å². The van der Waals surface area contributed by atoms with Gasteiger partial charge in [0.2, 0.25) is 0 Å². The van der Waals surface area contributed by atoms with Crippen molar-refractivity contribution < 1.29 is 9.53 Å². The topological polar surface area (TPSA) is 42.4 Å². The van der Waals surface area contributed by atoms with E-state index in [2.05, 4.69) is 22.0 Å². The fourth-order valence-electron chi connectivity index (χ4n) is 2.22. The van der Waals surface area contributed by atoms with Crippen LogP contribution in [-0.2, 0) is 11.2 Å². The number of anilines is 2. The molecule has 2 heterocycles. The summed E-state index contributed by atoms with van der Waals surface area (Å²) in [5.74, 6) is -0.350. The Hall–Kier alpha value is -1.88. The number of fused-ring (bicyclic) bond motifs is 1. The Morgan fingerprint density at radius 1 is 1.47 bits per heavy atom. The maximum absolute atomic E-state index is 11.6. The highest BCUT2D eigenvalue weighted by Crippen LogP contribution is 2.35. The van der Waals surface area contributed by atoms with Crippen molar-refractivity contribution in [3.8, 4) is 0 Å². The van der Waals surface area contributed by atoms with Crippen molar-refractivity contribution in [2.24, 2.45) is 0 Å². The van der Waals surface area contributed by atoms with Gasteiger partial charge < -0.3 is 9.64 Å². The molecule has 0 fully saturated rings. The average molecular weight is 274 g/mol. The first-order chi connectivity index (χ1) is 9.29. The number of carbonyl (C=O) groups is 1. The van der Waals surface area contributed by atoms with Crippen LogP contribution in [0, 0.1) is 0 Å². The molecular formula is C14H14N2O2S. The van der Waals surface area contributed by atoms with Crippen molar-refractivity contribution >= 4 is 28.1 Å². The molecule has 1 aliphatic rings. The molecular weight excluding hydrogens is 260 g/mol. The van der Waals surface area contributed by atoms with Gasteiger partial charge in [0, 0.05) is 17.6 Å². The quantitative estimate of drug-likeness (QED) is 0.807. The highest BCUT2D eigenvalue weighted by atomic mass is 32.1. The lowest BCUT2D eigenvalue weighted by atomic mass is 10.2. The van der Waals surface area contributed by atoms with Gasteiger partial charge in [0.15, 0.2) is 10.8 Å². The van der Waals surface area contributed by atoms with Crippen molar-refractivity contribution in [3.63, 3.8) is 0 Å². The fourth-order valence-corrected chi connectivity index (χ4v) is 3.06. The van der Waals surface area contributed by atoms with E-state index in [0.29, 0.717) is 12.3 Å². The van der Waals surface area contributed by atoms with Gasteiger partial charge in [-0.1, -0.05) is 18.2 Å². The summed E-state index contributed by atoms with van der Waals surface area (Å²) >= 11 is 1.48. The summed E-state index contributed by atoms with van der Waals surface area (Å²) < 4.78 is 4.96. The smallest absolute Gasteiger partial charge is 0.357 e. The summed E-state index contributed by atoms with van der Waals surface area (Å²) in [5.41, 5.74) is 2.91. The molecule has 0 unspecified atom stereocenters. The van der Waals surface area contributed by atoms with E-state index < -0.39 is 0 Å². The Bertz CT molecular complexity index is 609. The van der Waals surface area contributed by atoms with Crippen LogP contribution < -0.4 is 4.90 Å². The lowest BCUT2D eigenvalue weighted by molar-refractivity contribution is 0.0520. The van der Waals surface area contributed by atoms with Crippen LogP contribution in [0.4, 0.5) is 10.8 Å². The molecule has 4 nitrogen and oxygen atoms in total. The first-order valence-electron chi connectivity index (χ1n) is 6.27. The van der Waals surface area contributed by atoms with E-state index in [1.54, 1.807) is 12.3 Å². The number of benzene rings is 1. The zero-order valence-corrected chi connectivity index (χ0v) is 11.4. The van der Waals surface area contributed by atoms with Crippen LogP contribution in [-0.4, -0.2) is 24.1 Å². The summed E-state index contributed by atoms with van der Waals surface area (Å²) in [6, 6.07) is 8.30. The summed E-state index contributed by atoms with van der Waals surface area (Å²) in [5, 5.41) is 2.61. The highest BCUT2D eigenvalue weighted by Gasteiger charge is 2.23. The van der Waals surface area contributed by atoms with E-state index >= 15 is 0 Å². The van der Waals surface area contributed by atoms with Crippen LogP contribution in [0.25, 0.3) is 0 Å². The molecule has 0 bridgehead atoms. The number of nitrogens with zero attached hydrogens (tertiary/aromatic N) is 2. The van der Waals surface area contributed by atoms with Gasteiger partial charge in [-0.2, -0.15) is 0 Å². The summed E-state index contributed by atoms with van der Waals surface area (Å²) in [6.07, 6.45) is 1.02. The molecule has 3 rings (SSSR count). The number of esters is 1. The minimum Gasteiger partial charge on any atom is -0.461 e. The molecule has 98 valence electrons. The number of aromatic nitrogens is 1. The summed E-state index contributed by atoms with van der Waals surface area (Å²) in [7, 11) is 0. The van der Waals surface area contributed by atoms with Gasteiger partial charge in [-0.15, -0.1) is 11.3 Å². The summed E-state index contributed by atoms with van der Waals surface area (Å²) in [4.78, 5) is 18.2. The Kier molecular flexibility index (Phi) is 3.21. The molecule has 0 amide bonds. The normalized spacial score (nSPS) is 13.4. The monoisotopic (exact) mass is 274 g/mol. The second kappa shape index (κ2) is 5.01. The number of para-hydroxylation sites is 1. The molecule has 0 spiro atoms. The van der Waals surface area contributed by atoms with E-state index in [1.807, 2.05) is 12.1 Å². The third kappa shape index (κ3) is 2.21. The molecule has 1 aromatic carbocycles. The molecule has 19 heavy (non-hydrogen) atoms. The first kappa shape index (κ1) is 12.2. The Balaban J connectivity index is 1.87. The molecule has 5 heteroatoms. The van der Waals surface area contributed by atoms with Gasteiger partial charge in [-0.05, 0) is 25.0 Å². The van der Waals surface area contributed by atoms with Gasteiger partial charge in [0.1, 0.15) is 0 Å². The van der Waals surface area contributed by atoms with E-state index in [4.69, 9.17) is 4.74 Å². The Labute approximate surface area is 115 Å². The minimum atomic E-state index is -0.350. The minimum absolute atomic E-state index is 0.350. The zero-order chi connectivity index (χ0) is 13.2. The SMILES string of the molecule is CCOC(=O)c1csc(N2CCc3ccccc32)n1. The first-order valence-corrected chi connectivity index (χ1v) is 7.15. The standard InChI is InChI=1S/C14H14N2O2S/c1-2-18-13(17)11-9-19-14(15-11)16-8-7-10-5-3-4-6-12(10)16/h3-6,9H,2,7-8H2,1H3. The molecule has 0 aliphatic carbocycles. The number of ether oxygens (including phenoxy) is 1. The molecule has 0 atom stereocenters. The Morgan fingerprint density at radius 3 is 3.16 bits per heavy atom. The van der Waals surface area contributed by atoms with Gasteiger partial charge in [0.25, 0.3) is 0 Å². The van der Waals surface area contributed by atoms with Crippen molar-refractivity contribution in [3.05, 3.63) is 40.9 Å². The third-order valence-electron chi connectivity index (χ3n) is 3.09. The average Bonchev–Trinajstić information content (AvgIpc) is 3.05. The van der Waals surface area contributed by atoms with Crippen LogP contribution in [0.15, 0.2) is 29.6 Å². The molecule has 0 N–H and O–H groups in total. The molecule has 0 saturated carbocycles. The number of carbonyl (C=O) groups excluding carboxylic acids is 1. The second-order valence-electron chi connectivity index (χ2n) is 4.27. The van der Waals surface area contributed by atoms with Crippen LogP contribution in [0.2, 0.25) is 0 Å². The third-order valence-corrected chi connectivity index (χ3v) is 3.96. The molecule has 1 aliphatic heterocycles. The van der Waals surface area contributed by atoms with Gasteiger partial charge in [-0.25, -0.2) is 9.78 Å².